The zero-order valence-corrected chi connectivity index (χ0v) is 59.3. The number of unbranched alkanes of at least 4 members (excludes halogenated alkanes) is 1. The van der Waals surface area contributed by atoms with Gasteiger partial charge in [0.15, 0.2) is 5.96 Å². The van der Waals surface area contributed by atoms with Crippen molar-refractivity contribution in [2.24, 2.45) is 28.1 Å². The van der Waals surface area contributed by atoms with E-state index in [2.05, 4.69) is 63.5 Å². The number of phenolic OH excluding ortho intramolecular Hbond substituents is 1. The van der Waals surface area contributed by atoms with Crippen LogP contribution in [0.4, 0.5) is 0 Å². The van der Waals surface area contributed by atoms with Crippen LogP contribution in [0.3, 0.4) is 0 Å². The number of benzene rings is 4. The Labute approximate surface area is 602 Å². The first kappa shape index (κ1) is 81.5. The number of guanidine groups is 1. The number of nitrogens with zero attached hydrogens (tertiary/aromatic N) is 2. The summed E-state index contributed by atoms with van der Waals surface area (Å²) in [7, 11) is 0. The molecule has 0 bridgehead atoms. The Morgan fingerprint density at radius 3 is 1.92 bits per heavy atom. The number of phenols is 1. The number of aliphatic imine (C=N–C) groups is 1. The molecule has 0 radical (unpaired) electrons. The monoisotopic (exact) mass is 1450 g/mol. The summed E-state index contributed by atoms with van der Waals surface area (Å²) in [6.45, 7) is 6.82. The highest BCUT2D eigenvalue weighted by molar-refractivity contribution is 6.30. The highest BCUT2D eigenvalue weighted by Crippen LogP contribution is 2.23. The molecule has 2 fully saturated rings. The number of nitrogens with two attached hydrogens (primary N) is 3. The van der Waals surface area contributed by atoms with Gasteiger partial charge in [0.05, 0.1) is 13.0 Å². The molecule has 13 amide bonds. The minimum atomic E-state index is -1.85. The average molecular weight is 1450 g/mol. The summed E-state index contributed by atoms with van der Waals surface area (Å²) >= 11 is 6.16. The minimum Gasteiger partial charge on any atom is -0.508 e. The number of carbonyl (C=O) groups excluding carboxylic acids is 13. The molecule has 32 heteroatoms. The van der Waals surface area contributed by atoms with Gasteiger partial charge in [0.25, 0.3) is 0 Å². The molecule has 0 aliphatic carbocycles. The van der Waals surface area contributed by atoms with Crippen LogP contribution in [0.5, 0.6) is 5.75 Å². The van der Waals surface area contributed by atoms with Crippen molar-refractivity contribution in [2.45, 2.75) is 191 Å². The van der Waals surface area contributed by atoms with Gasteiger partial charge in [-0.05, 0) is 110 Å². The van der Waals surface area contributed by atoms with E-state index < -0.39 is 163 Å². The topological polar surface area (TPSA) is 488 Å². The smallest absolute Gasteiger partial charge is 0.245 e. The number of amides is 13. The average Bonchev–Trinajstić information content (AvgIpc) is 1.75. The van der Waals surface area contributed by atoms with Crippen molar-refractivity contribution in [2.75, 3.05) is 26.2 Å². The van der Waals surface area contributed by atoms with Gasteiger partial charge in [-0.15, -0.1) is 0 Å². The Bertz CT molecular complexity index is 3690. The van der Waals surface area contributed by atoms with Crippen LogP contribution in [0.2, 0.25) is 5.02 Å². The van der Waals surface area contributed by atoms with Gasteiger partial charge in [-0.25, -0.2) is 0 Å². The van der Waals surface area contributed by atoms with Gasteiger partial charge in [-0.1, -0.05) is 112 Å². The lowest BCUT2D eigenvalue weighted by Gasteiger charge is -2.31. The Morgan fingerprint density at radius 1 is 0.680 bits per heavy atom. The van der Waals surface area contributed by atoms with E-state index in [1.54, 1.807) is 50.2 Å². The van der Waals surface area contributed by atoms with E-state index in [1.807, 2.05) is 37.3 Å². The zero-order valence-electron chi connectivity index (χ0n) is 58.5. The molecule has 4 aromatic rings. The van der Waals surface area contributed by atoms with Crippen molar-refractivity contribution in [3.05, 3.63) is 113 Å². The molecule has 19 N–H and O–H groups in total. The first-order chi connectivity index (χ1) is 49.0. The predicted octanol–water partition coefficient (Wildman–Crippen LogP) is -0.827. The van der Waals surface area contributed by atoms with Crippen molar-refractivity contribution in [3.8, 4) is 5.75 Å². The van der Waals surface area contributed by atoms with Crippen LogP contribution in [0, 0.1) is 5.92 Å². The molecule has 2 aliphatic rings. The highest BCUT2D eigenvalue weighted by atomic mass is 35.5. The summed E-state index contributed by atoms with van der Waals surface area (Å²) in [5.41, 5.74) is 18.1. The molecule has 0 aromatic heterocycles. The summed E-state index contributed by atoms with van der Waals surface area (Å²) in [5, 5.41) is 52.4. The Kier molecular flexibility index (Phi) is 31.9. The fraction of sp³-hybridized carbons (Fsp3) is 0.493. The van der Waals surface area contributed by atoms with Crippen LogP contribution in [-0.4, -0.2) is 191 Å². The van der Waals surface area contributed by atoms with Gasteiger partial charge in [0, 0.05) is 63.3 Å². The summed E-state index contributed by atoms with van der Waals surface area (Å²) in [6.07, 6.45) is 0.178. The lowest BCUT2D eigenvalue weighted by molar-refractivity contribution is -0.142. The predicted molar refractivity (Wildman–Crippen MR) is 382 cm³/mol. The van der Waals surface area contributed by atoms with E-state index in [-0.39, 0.29) is 95.0 Å². The van der Waals surface area contributed by atoms with E-state index in [4.69, 9.17) is 28.8 Å². The van der Waals surface area contributed by atoms with Crippen molar-refractivity contribution in [3.63, 3.8) is 0 Å². The maximum absolute atomic E-state index is 15.2. The minimum absolute atomic E-state index is 0.00117. The van der Waals surface area contributed by atoms with Crippen molar-refractivity contribution >= 4 is 105 Å². The molecule has 103 heavy (non-hydrogen) atoms. The number of aliphatic hydroxyl groups is 1. The van der Waals surface area contributed by atoms with E-state index in [9.17, 15) is 63.0 Å². The van der Waals surface area contributed by atoms with E-state index >= 15 is 9.59 Å². The van der Waals surface area contributed by atoms with Gasteiger partial charge in [0.2, 0.25) is 76.8 Å². The second-order valence-corrected chi connectivity index (χ2v) is 26.7. The molecule has 6 rings (SSSR count). The number of aromatic hydroxyl groups is 1. The molecule has 11 atom stereocenters. The third kappa shape index (κ3) is 26.5. The number of fused-ring (bicyclic) bond motifs is 1. The Hall–Kier alpha value is -10.4. The molecule has 4 unspecified atom stereocenters. The van der Waals surface area contributed by atoms with E-state index in [0.29, 0.717) is 41.0 Å². The first-order valence-corrected chi connectivity index (χ1v) is 34.9. The van der Waals surface area contributed by atoms with Crippen molar-refractivity contribution < 1.29 is 72.5 Å². The van der Waals surface area contributed by atoms with Crippen LogP contribution in [0.15, 0.2) is 96.0 Å². The standard InChI is InChI=1S/C71H97ClN16O15/c1-6-7-14-48-36-55(81-59(92)27-29-76-60(93)37-56(79-41(5)90)67(100)84-52(62(95)80-48)33-42-18-23-47(72)24-19-42)66(99)87-57(38-89)68(101)86-53(34-43-20-25-49(91)26-21-43)64(97)85-54(35-44-17-22-45-12-8-9-13-46(45)32-44)65(98)83-51(31-39(2)3)63(96)82-50(15-10-28-77-71(74)75)70(103)88-30-11-16-58(88)69(102)78-40(4)61(73)94/h8-9,12-13,17-26,32,39-40,48,50-58,89,91H,6-7,10-11,14-16,27-31,33-38H2,1-5H3,(H2,73,94)(H,76,93)(H,78,102)(H,79,90)(H,80,95)(H,81,92)(H,82,96)(H,83,98)(H,84,100)(H,85,97)(H,86,101)(H,87,99)(H4,74,75,77)/t40?,48?,50-,51+,52+,53-,54?,55+,56?,57-,58+/m0/s1. The van der Waals surface area contributed by atoms with Gasteiger partial charge in [-0.2, -0.15) is 0 Å². The molecule has 0 spiro atoms. The molecule has 2 heterocycles. The number of aliphatic hydroxyl groups excluding tert-OH is 1. The van der Waals surface area contributed by atoms with Gasteiger partial charge >= 0.3 is 0 Å². The van der Waals surface area contributed by atoms with Crippen LogP contribution in [-0.2, 0) is 81.6 Å². The number of hydrogen-bond donors (Lipinski definition) is 16. The number of primary amides is 1. The third-order valence-electron chi connectivity index (χ3n) is 17.4. The zero-order chi connectivity index (χ0) is 75.4. The van der Waals surface area contributed by atoms with E-state index in [0.717, 1.165) is 17.7 Å². The Balaban J connectivity index is 1.30. The third-order valence-corrected chi connectivity index (χ3v) is 17.7. The largest absolute Gasteiger partial charge is 0.508 e. The highest BCUT2D eigenvalue weighted by Gasteiger charge is 2.41. The number of rotatable bonds is 31. The molecule has 0 saturated carbocycles. The number of carbonyl (C=O) groups is 13. The number of nitrogens with one attached hydrogen (secondary N) is 11. The second kappa shape index (κ2) is 40.3. The molecule has 4 aromatic carbocycles. The number of halogens is 1. The quantitative estimate of drug-likeness (QED) is 0.0166. The maximum Gasteiger partial charge on any atom is 0.245 e. The van der Waals surface area contributed by atoms with E-state index in [1.165, 1.54) is 36.1 Å². The fourth-order valence-corrected chi connectivity index (χ4v) is 12.1. The maximum atomic E-state index is 15.2. The van der Waals surface area contributed by atoms with Crippen molar-refractivity contribution in [1.29, 1.82) is 0 Å². The second-order valence-electron chi connectivity index (χ2n) is 26.3. The van der Waals surface area contributed by atoms with Crippen LogP contribution < -0.4 is 75.7 Å². The molecule has 558 valence electrons. The normalized spacial score (nSPS) is 19.2. The first-order valence-electron chi connectivity index (χ1n) is 34.5. The lowest BCUT2D eigenvalue weighted by Crippen LogP contribution is -2.61. The Morgan fingerprint density at radius 2 is 1.29 bits per heavy atom. The van der Waals surface area contributed by atoms with Crippen LogP contribution >= 0.6 is 11.6 Å². The number of likely N-dealkylation sites (tertiary alicyclic amines) is 1. The molecule has 2 saturated heterocycles. The molecular weight excluding hydrogens is 1350 g/mol. The summed E-state index contributed by atoms with van der Waals surface area (Å²) in [6, 6.07) is 9.82. The van der Waals surface area contributed by atoms with Crippen LogP contribution in [0.25, 0.3) is 10.8 Å². The molecule has 2 aliphatic heterocycles. The molecular formula is C71H97ClN16O15. The SMILES string of the molecule is CCCCC1C[C@H](C(=O)N[C@@H](CO)C(=O)N[C@@H](Cc2ccc(O)cc2)C(=O)NC(Cc2ccc3ccccc3c2)C(=O)N[C@H](CC(C)C)C(=O)N[C@@H](CCCN=C(N)N)C(=O)N2CCC[C@@H]2C(=O)NC(C)C(N)=O)NC(=O)CCNC(=O)CC(NC(C)=O)C(=O)N[C@H](Cc2ccc(Cl)cc2)C(=O)N1. The van der Waals surface area contributed by atoms with Gasteiger partial charge in [-0.3, -0.25) is 67.3 Å². The fourth-order valence-electron chi connectivity index (χ4n) is 11.9. The van der Waals surface area contributed by atoms with Crippen molar-refractivity contribution in [1.82, 2.24) is 63.4 Å². The van der Waals surface area contributed by atoms with Crippen LogP contribution in [0.1, 0.15) is 122 Å². The number of hydrogen-bond acceptors (Lipinski definition) is 16. The van der Waals surface area contributed by atoms with Gasteiger partial charge < -0.3 is 90.8 Å². The molecule has 31 nitrogen and oxygen atoms in total. The summed E-state index contributed by atoms with van der Waals surface area (Å²) < 4.78 is 0. The summed E-state index contributed by atoms with van der Waals surface area (Å²) in [4.78, 5) is 187. The van der Waals surface area contributed by atoms with Gasteiger partial charge in [0.1, 0.15) is 66.2 Å². The lowest BCUT2D eigenvalue weighted by atomic mass is 9.98. The summed E-state index contributed by atoms with van der Waals surface area (Å²) in [5.74, 6) is -11.2.